The number of amides is 3. The molecule has 3 amide bonds. The molecule has 2 aromatic rings. The second-order valence-electron chi connectivity index (χ2n) is 7.23. The first-order valence-electron chi connectivity index (χ1n) is 9.27. The second kappa shape index (κ2) is 8.20. The Hall–Kier alpha value is -2.90. The smallest absolute Gasteiger partial charge is 0.319 e. The predicted octanol–water partition coefficient (Wildman–Crippen LogP) is 2.56. The Morgan fingerprint density at radius 3 is 2.52 bits per heavy atom. The minimum absolute atomic E-state index is 0.0408. The van der Waals surface area contributed by atoms with Crippen LogP contribution in [0.4, 0.5) is 10.5 Å². The number of urea groups is 1. The van der Waals surface area contributed by atoms with E-state index in [9.17, 15) is 9.59 Å². The van der Waals surface area contributed by atoms with Gasteiger partial charge in [-0.2, -0.15) is 0 Å². The van der Waals surface area contributed by atoms with Gasteiger partial charge >= 0.3 is 6.03 Å². The van der Waals surface area contributed by atoms with Crippen molar-refractivity contribution >= 4 is 17.6 Å². The highest BCUT2D eigenvalue weighted by Gasteiger charge is 2.23. The van der Waals surface area contributed by atoms with Crippen molar-refractivity contribution in [2.45, 2.75) is 58.2 Å². The Morgan fingerprint density at radius 2 is 1.89 bits per heavy atom. The maximum Gasteiger partial charge on any atom is 0.319 e. The van der Waals surface area contributed by atoms with Crippen LogP contribution in [0.1, 0.15) is 57.1 Å². The van der Waals surface area contributed by atoms with Crippen LogP contribution in [0.5, 0.6) is 0 Å². The number of hydrogen-bond donors (Lipinski definition) is 3. The highest BCUT2D eigenvalue weighted by Crippen LogP contribution is 2.19. The molecule has 1 atom stereocenters. The van der Waals surface area contributed by atoms with E-state index in [1.54, 1.807) is 18.5 Å². The summed E-state index contributed by atoms with van der Waals surface area (Å²) < 4.78 is 1.92. The third-order valence-electron chi connectivity index (χ3n) is 4.41. The average molecular weight is 370 g/mol. The largest absolute Gasteiger partial charge is 0.353 e. The molecule has 8 heteroatoms. The van der Waals surface area contributed by atoms with Gasteiger partial charge in [0.25, 0.3) is 0 Å². The first-order valence-corrected chi connectivity index (χ1v) is 9.27. The molecule has 3 N–H and O–H groups in total. The Kier molecular flexibility index (Phi) is 5.73. The minimum Gasteiger partial charge on any atom is -0.353 e. The minimum atomic E-state index is -0.319. The summed E-state index contributed by atoms with van der Waals surface area (Å²) in [6.45, 7) is 5.93. The van der Waals surface area contributed by atoms with Crippen molar-refractivity contribution in [3.05, 3.63) is 42.0 Å². The molecule has 0 saturated heterocycles. The van der Waals surface area contributed by atoms with Crippen molar-refractivity contribution < 1.29 is 9.59 Å². The van der Waals surface area contributed by atoms with Crippen molar-refractivity contribution in [1.29, 1.82) is 0 Å². The summed E-state index contributed by atoms with van der Waals surface area (Å²) >= 11 is 0. The van der Waals surface area contributed by atoms with Crippen LogP contribution in [0.2, 0.25) is 0 Å². The highest BCUT2D eigenvalue weighted by atomic mass is 16.2. The number of nitrogens with one attached hydrogen (secondary N) is 3. The Bertz CT molecular complexity index is 795. The molecule has 3 rings (SSSR count). The Morgan fingerprint density at radius 1 is 1.19 bits per heavy atom. The third kappa shape index (κ3) is 5.29. The molecule has 0 unspecified atom stereocenters. The van der Waals surface area contributed by atoms with Gasteiger partial charge in [-0.05, 0) is 51.3 Å². The number of anilines is 1. The first-order chi connectivity index (χ1) is 12.9. The topological polar surface area (TPSA) is 101 Å². The van der Waals surface area contributed by atoms with Crippen molar-refractivity contribution in [2.24, 2.45) is 0 Å². The SMILES string of the molecule is CC(C)n1cnnc1[C@H](C)NC(=O)Nc1ccc(CC(=O)NC2CC2)cc1. The van der Waals surface area contributed by atoms with Gasteiger partial charge in [0, 0.05) is 17.8 Å². The summed E-state index contributed by atoms with van der Waals surface area (Å²) in [6.07, 6.45) is 4.17. The van der Waals surface area contributed by atoms with Crippen LogP contribution in [0, 0.1) is 0 Å². The molecule has 1 fully saturated rings. The van der Waals surface area contributed by atoms with Gasteiger partial charge in [0.15, 0.2) is 5.82 Å². The van der Waals surface area contributed by atoms with E-state index in [1.807, 2.05) is 37.5 Å². The van der Waals surface area contributed by atoms with Gasteiger partial charge in [0.05, 0.1) is 12.5 Å². The first kappa shape index (κ1) is 18.9. The van der Waals surface area contributed by atoms with Crippen molar-refractivity contribution in [1.82, 2.24) is 25.4 Å². The zero-order chi connectivity index (χ0) is 19.4. The quantitative estimate of drug-likeness (QED) is 0.697. The molecule has 1 aliphatic carbocycles. The standard InChI is InChI=1S/C19H26N6O2/c1-12(2)25-11-20-24-18(25)13(3)21-19(27)23-16-6-4-14(5-7-16)10-17(26)22-15-8-9-15/h4-7,11-13,15H,8-10H2,1-3H3,(H,22,26)(H2,21,23,27)/t13-/m0/s1. The predicted molar refractivity (Wildman–Crippen MR) is 102 cm³/mol. The van der Waals surface area contributed by atoms with Crippen LogP contribution < -0.4 is 16.0 Å². The molecule has 27 heavy (non-hydrogen) atoms. The maximum absolute atomic E-state index is 12.2. The highest BCUT2D eigenvalue weighted by molar-refractivity contribution is 5.89. The fourth-order valence-electron chi connectivity index (χ4n) is 2.79. The molecule has 0 radical (unpaired) electrons. The number of rotatable bonds is 7. The summed E-state index contributed by atoms with van der Waals surface area (Å²) in [5, 5.41) is 16.6. The van der Waals surface area contributed by atoms with E-state index < -0.39 is 0 Å². The molecule has 1 heterocycles. The zero-order valence-electron chi connectivity index (χ0n) is 15.9. The summed E-state index contributed by atoms with van der Waals surface area (Å²) in [4.78, 5) is 24.1. The monoisotopic (exact) mass is 370 g/mol. The molecule has 0 spiro atoms. The molecular weight excluding hydrogens is 344 g/mol. The van der Waals surface area contributed by atoms with Crippen LogP contribution in [0.15, 0.2) is 30.6 Å². The van der Waals surface area contributed by atoms with Gasteiger partial charge < -0.3 is 20.5 Å². The van der Waals surface area contributed by atoms with Gasteiger partial charge in [-0.3, -0.25) is 4.79 Å². The fourth-order valence-corrected chi connectivity index (χ4v) is 2.79. The van der Waals surface area contributed by atoms with Crippen LogP contribution >= 0.6 is 0 Å². The lowest BCUT2D eigenvalue weighted by molar-refractivity contribution is -0.120. The van der Waals surface area contributed by atoms with Gasteiger partial charge in [-0.15, -0.1) is 10.2 Å². The van der Waals surface area contributed by atoms with Crippen molar-refractivity contribution in [3.63, 3.8) is 0 Å². The Labute approximate surface area is 158 Å². The lowest BCUT2D eigenvalue weighted by Gasteiger charge is -2.17. The number of hydrogen-bond acceptors (Lipinski definition) is 4. The van der Waals surface area contributed by atoms with Gasteiger partial charge in [-0.1, -0.05) is 12.1 Å². The number of aromatic nitrogens is 3. The van der Waals surface area contributed by atoms with Gasteiger partial charge in [0.1, 0.15) is 6.33 Å². The molecule has 0 bridgehead atoms. The van der Waals surface area contributed by atoms with Crippen LogP contribution in [-0.4, -0.2) is 32.7 Å². The summed E-state index contributed by atoms with van der Waals surface area (Å²) in [5.41, 5.74) is 1.58. The zero-order valence-corrected chi connectivity index (χ0v) is 15.9. The van der Waals surface area contributed by atoms with Crippen molar-refractivity contribution in [3.8, 4) is 0 Å². The molecule has 1 saturated carbocycles. The van der Waals surface area contributed by atoms with E-state index in [2.05, 4.69) is 26.1 Å². The molecule has 1 aromatic carbocycles. The summed E-state index contributed by atoms with van der Waals surface area (Å²) in [6, 6.07) is 7.26. The average Bonchev–Trinajstić information content (AvgIpc) is 3.26. The van der Waals surface area contributed by atoms with Crippen LogP contribution in [0.3, 0.4) is 0 Å². The lowest BCUT2D eigenvalue weighted by atomic mass is 10.1. The summed E-state index contributed by atoms with van der Waals surface area (Å²) in [7, 11) is 0. The summed E-state index contributed by atoms with van der Waals surface area (Å²) in [5.74, 6) is 0.746. The van der Waals surface area contributed by atoms with Crippen molar-refractivity contribution in [2.75, 3.05) is 5.32 Å². The van der Waals surface area contributed by atoms with Crippen LogP contribution in [0.25, 0.3) is 0 Å². The van der Waals surface area contributed by atoms with Gasteiger partial charge in [0.2, 0.25) is 5.91 Å². The second-order valence-corrected chi connectivity index (χ2v) is 7.23. The maximum atomic E-state index is 12.2. The normalized spacial score (nSPS) is 14.7. The molecular formula is C19H26N6O2. The molecule has 1 aliphatic rings. The van der Waals surface area contributed by atoms with E-state index >= 15 is 0 Å². The molecule has 8 nitrogen and oxygen atoms in total. The molecule has 1 aromatic heterocycles. The number of carbonyl (C=O) groups is 2. The van der Waals surface area contributed by atoms with Gasteiger partial charge in [-0.25, -0.2) is 4.79 Å². The number of benzene rings is 1. The Balaban J connectivity index is 1.51. The molecule has 144 valence electrons. The number of nitrogens with zero attached hydrogens (tertiary/aromatic N) is 3. The van der Waals surface area contributed by atoms with E-state index in [0.29, 0.717) is 24.0 Å². The third-order valence-corrected chi connectivity index (χ3v) is 4.41. The lowest BCUT2D eigenvalue weighted by Crippen LogP contribution is -2.32. The van der Waals surface area contributed by atoms with E-state index in [4.69, 9.17) is 0 Å². The van der Waals surface area contributed by atoms with E-state index in [-0.39, 0.29) is 24.0 Å². The molecule has 0 aliphatic heterocycles. The van der Waals surface area contributed by atoms with E-state index in [0.717, 1.165) is 18.4 Å². The van der Waals surface area contributed by atoms with E-state index in [1.165, 1.54) is 0 Å². The fraction of sp³-hybridized carbons (Fsp3) is 0.474. The number of carbonyl (C=O) groups excluding carboxylic acids is 2. The van der Waals surface area contributed by atoms with Crippen LogP contribution in [-0.2, 0) is 11.2 Å².